The predicted octanol–water partition coefficient (Wildman–Crippen LogP) is 2.28. The van der Waals surface area contributed by atoms with Crippen molar-refractivity contribution in [1.29, 1.82) is 0 Å². The quantitative estimate of drug-likeness (QED) is 0.746. The van der Waals surface area contributed by atoms with Gasteiger partial charge in [-0.2, -0.15) is 0 Å². The van der Waals surface area contributed by atoms with E-state index in [1.54, 1.807) is 0 Å². The van der Waals surface area contributed by atoms with Crippen molar-refractivity contribution in [3.63, 3.8) is 0 Å². The van der Waals surface area contributed by atoms with Crippen LogP contribution in [0.3, 0.4) is 0 Å². The van der Waals surface area contributed by atoms with Crippen LogP contribution in [0.5, 0.6) is 0 Å². The van der Waals surface area contributed by atoms with E-state index in [1.807, 2.05) is 23.1 Å². The Morgan fingerprint density at radius 2 is 2.11 bits per heavy atom. The van der Waals surface area contributed by atoms with Gasteiger partial charge in [-0.1, -0.05) is 18.9 Å². The molecule has 0 atom stereocenters. The molecule has 0 saturated heterocycles. The molecule has 2 amide bonds. The summed E-state index contributed by atoms with van der Waals surface area (Å²) in [5, 5.41) is 3.13. The minimum atomic E-state index is 0.0336. The third-order valence-electron chi connectivity index (χ3n) is 3.99. The van der Waals surface area contributed by atoms with Crippen LogP contribution in [0, 0.1) is 0 Å². The van der Waals surface area contributed by atoms with Gasteiger partial charge in [-0.15, -0.1) is 0 Å². The first-order valence-electron chi connectivity index (χ1n) is 6.71. The summed E-state index contributed by atoms with van der Waals surface area (Å²) in [6, 6.07) is 6.19. The molecule has 4 nitrogen and oxygen atoms in total. The highest BCUT2D eigenvalue weighted by molar-refractivity contribution is 5.95. The largest absolute Gasteiger partial charge is 0.398 e. The molecule has 1 aliphatic carbocycles. The zero-order valence-corrected chi connectivity index (χ0v) is 10.5. The summed E-state index contributed by atoms with van der Waals surface area (Å²) >= 11 is 0. The fourth-order valence-corrected chi connectivity index (χ4v) is 2.99. The van der Waals surface area contributed by atoms with Crippen molar-refractivity contribution in [3.8, 4) is 0 Å². The Morgan fingerprint density at radius 3 is 2.89 bits per heavy atom. The topological polar surface area (TPSA) is 58.4 Å². The minimum Gasteiger partial charge on any atom is -0.398 e. The van der Waals surface area contributed by atoms with Gasteiger partial charge in [0.15, 0.2) is 0 Å². The second kappa shape index (κ2) is 4.52. The summed E-state index contributed by atoms with van der Waals surface area (Å²) in [4.78, 5) is 14.1. The molecule has 1 aromatic rings. The van der Waals surface area contributed by atoms with Crippen LogP contribution in [0.1, 0.15) is 31.2 Å². The van der Waals surface area contributed by atoms with Gasteiger partial charge in [0.05, 0.1) is 5.69 Å². The molecule has 2 aliphatic rings. The van der Waals surface area contributed by atoms with Crippen LogP contribution in [-0.2, 0) is 6.42 Å². The van der Waals surface area contributed by atoms with Gasteiger partial charge in [-0.25, -0.2) is 4.79 Å². The number of amides is 2. The molecule has 1 aliphatic heterocycles. The molecular formula is C14H19N3O. The Balaban J connectivity index is 1.75. The van der Waals surface area contributed by atoms with Crippen LogP contribution in [0.2, 0.25) is 0 Å². The third kappa shape index (κ3) is 1.92. The normalized spacial score (nSPS) is 19.0. The zero-order valence-electron chi connectivity index (χ0n) is 10.5. The van der Waals surface area contributed by atoms with Gasteiger partial charge in [-0.05, 0) is 31.4 Å². The summed E-state index contributed by atoms with van der Waals surface area (Å²) < 4.78 is 0. The number of carbonyl (C=O) groups is 1. The smallest absolute Gasteiger partial charge is 0.322 e. The van der Waals surface area contributed by atoms with Crippen molar-refractivity contribution in [3.05, 3.63) is 23.8 Å². The first-order valence-corrected chi connectivity index (χ1v) is 6.71. The fraction of sp³-hybridized carbons (Fsp3) is 0.500. The van der Waals surface area contributed by atoms with E-state index in [2.05, 4.69) is 5.32 Å². The van der Waals surface area contributed by atoms with Crippen LogP contribution in [-0.4, -0.2) is 18.6 Å². The Morgan fingerprint density at radius 1 is 1.33 bits per heavy atom. The molecule has 0 bridgehead atoms. The van der Waals surface area contributed by atoms with Crippen molar-refractivity contribution in [1.82, 2.24) is 5.32 Å². The number of anilines is 2. The molecule has 1 saturated carbocycles. The molecule has 3 rings (SSSR count). The van der Waals surface area contributed by atoms with Crippen molar-refractivity contribution in [2.75, 3.05) is 17.2 Å². The van der Waals surface area contributed by atoms with E-state index in [1.165, 1.54) is 12.8 Å². The summed E-state index contributed by atoms with van der Waals surface area (Å²) in [7, 11) is 0. The molecule has 96 valence electrons. The number of urea groups is 1. The number of nitrogens with one attached hydrogen (secondary N) is 1. The van der Waals surface area contributed by atoms with Crippen LogP contribution in [0.4, 0.5) is 16.2 Å². The van der Waals surface area contributed by atoms with Gasteiger partial charge in [0.2, 0.25) is 0 Å². The standard InChI is InChI=1S/C14H19N3O/c15-12-6-3-7-13-11(12)8-9-17(13)14(18)16-10-4-1-2-5-10/h3,6-7,10H,1-2,4-5,8-9,15H2,(H,16,18). The van der Waals surface area contributed by atoms with Crippen LogP contribution in [0.15, 0.2) is 18.2 Å². The van der Waals surface area contributed by atoms with Gasteiger partial charge in [0.25, 0.3) is 0 Å². The average molecular weight is 245 g/mol. The Labute approximate surface area is 107 Å². The second-order valence-corrected chi connectivity index (χ2v) is 5.18. The molecule has 1 fully saturated rings. The van der Waals surface area contributed by atoms with E-state index in [-0.39, 0.29) is 6.03 Å². The van der Waals surface area contributed by atoms with Gasteiger partial charge < -0.3 is 11.1 Å². The summed E-state index contributed by atoms with van der Waals surface area (Å²) in [6.45, 7) is 0.738. The molecule has 0 spiro atoms. The number of nitrogens with zero attached hydrogens (tertiary/aromatic N) is 1. The number of benzene rings is 1. The van der Waals surface area contributed by atoms with E-state index in [9.17, 15) is 4.79 Å². The van der Waals surface area contributed by atoms with E-state index in [4.69, 9.17) is 5.73 Å². The van der Waals surface area contributed by atoms with Crippen molar-refractivity contribution < 1.29 is 4.79 Å². The van der Waals surface area contributed by atoms with Crippen LogP contribution < -0.4 is 16.0 Å². The molecule has 0 radical (unpaired) electrons. The average Bonchev–Trinajstić information content (AvgIpc) is 2.98. The molecule has 18 heavy (non-hydrogen) atoms. The number of hydrogen-bond acceptors (Lipinski definition) is 2. The number of fused-ring (bicyclic) bond motifs is 1. The minimum absolute atomic E-state index is 0.0336. The van der Waals surface area contributed by atoms with Crippen molar-refractivity contribution in [2.24, 2.45) is 0 Å². The maximum atomic E-state index is 12.2. The molecule has 4 heteroatoms. The lowest BCUT2D eigenvalue weighted by Gasteiger charge is -2.21. The number of nitrogen functional groups attached to an aromatic ring is 1. The van der Waals surface area contributed by atoms with Crippen LogP contribution in [0.25, 0.3) is 0 Å². The molecule has 1 aromatic carbocycles. The lowest BCUT2D eigenvalue weighted by Crippen LogP contribution is -2.43. The van der Waals surface area contributed by atoms with Gasteiger partial charge in [-0.3, -0.25) is 4.90 Å². The summed E-state index contributed by atoms with van der Waals surface area (Å²) in [5.74, 6) is 0. The Kier molecular flexibility index (Phi) is 2.86. The van der Waals surface area contributed by atoms with Crippen molar-refractivity contribution in [2.45, 2.75) is 38.1 Å². The number of nitrogens with two attached hydrogens (primary N) is 1. The van der Waals surface area contributed by atoms with Gasteiger partial charge in [0.1, 0.15) is 0 Å². The molecule has 1 heterocycles. The lowest BCUT2D eigenvalue weighted by atomic mass is 10.1. The Bertz CT molecular complexity index is 466. The molecule has 0 unspecified atom stereocenters. The Hall–Kier alpha value is -1.71. The lowest BCUT2D eigenvalue weighted by molar-refractivity contribution is 0.243. The van der Waals surface area contributed by atoms with E-state index >= 15 is 0 Å². The maximum absolute atomic E-state index is 12.2. The highest BCUT2D eigenvalue weighted by Gasteiger charge is 2.27. The van der Waals surface area contributed by atoms with Gasteiger partial charge >= 0.3 is 6.03 Å². The maximum Gasteiger partial charge on any atom is 0.322 e. The highest BCUT2D eigenvalue weighted by Crippen LogP contribution is 2.32. The van der Waals surface area contributed by atoms with Crippen LogP contribution >= 0.6 is 0 Å². The van der Waals surface area contributed by atoms with Crippen molar-refractivity contribution >= 4 is 17.4 Å². The van der Waals surface area contributed by atoms with E-state index < -0.39 is 0 Å². The zero-order chi connectivity index (χ0) is 12.5. The van der Waals surface area contributed by atoms with Gasteiger partial charge in [0, 0.05) is 23.8 Å². The summed E-state index contributed by atoms with van der Waals surface area (Å²) in [6.07, 6.45) is 5.55. The number of rotatable bonds is 1. The SMILES string of the molecule is Nc1cccc2c1CCN2C(=O)NC1CCCC1. The molecular weight excluding hydrogens is 226 g/mol. The molecule has 3 N–H and O–H groups in total. The number of hydrogen-bond donors (Lipinski definition) is 2. The highest BCUT2D eigenvalue weighted by atomic mass is 16.2. The van der Waals surface area contributed by atoms with E-state index in [0.717, 1.165) is 42.7 Å². The monoisotopic (exact) mass is 245 g/mol. The number of carbonyl (C=O) groups excluding carboxylic acids is 1. The third-order valence-corrected chi connectivity index (χ3v) is 3.99. The predicted molar refractivity (Wildman–Crippen MR) is 72.7 cm³/mol. The summed E-state index contributed by atoms with van der Waals surface area (Å²) in [5.41, 5.74) is 8.82. The second-order valence-electron chi connectivity index (χ2n) is 5.18. The first kappa shape index (κ1) is 11.4. The first-order chi connectivity index (χ1) is 8.75. The molecule has 0 aromatic heterocycles. The fourth-order valence-electron chi connectivity index (χ4n) is 2.99. The van der Waals surface area contributed by atoms with E-state index in [0.29, 0.717) is 6.04 Å².